The van der Waals surface area contributed by atoms with Crippen LogP contribution in [0.5, 0.6) is 0 Å². The van der Waals surface area contributed by atoms with Crippen molar-refractivity contribution in [2.75, 3.05) is 4.55 Å². The number of hydrogen-bond acceptors (Lipinski definition) is 3. The molecule has 1 aliphatic heterocycles. The first-order valence-corrected chi connectivity index (χ1v) is 6.77. The Morgan fingerprint density at radius 2 is 1.93 bits per heavy atom. The highest BCUT2D eigenvalue weighted by Gasteiger charge is 2.39. The summed E-state index contributed by atoms with van der Waals surface area (Å²) in [4.78, 5) is 11.7. The maximum absolute atomic E-state index is 11.7. The standard InChI is InChI=1S/C8H6INO3S/c9-5-10-8(11)6-3-1-2-4-7(6)14(10,12)13/h1-4H,5H2. The van der Waals surface area contributed by atoms with Crippen molar-refractivity contribution in [2.45, 2.75) is 4.90 Å². The van der Waals surface area contributed by atoms with Gasteiger partial charge in [-0.2, -0.15) is 0 Å². The van der Waals surface area contributed by atoms with Gasteiger partial charge in [-0.05, 0) is 12.1 Å². The van der Waals surface area contributed by atoms with Crippen molar-refractivity contribution in [1.29, 1.82) is 0 Å². The summed E-state index contributed by atoms with van der Waals surface area (Å²) in [6.07, 6.45) is 0. The molecule has 0 aromatic heterocycles. The Hall–Kier alpha value is -0.630. The van der Waals surface area contributed by atoms with Crippen molar-refractivity contribution < 1.29 is 13.2 Å². The Bertz CT molecular complexity index is 497. The van der Waals surface area contributed by atoms with Crippen LogP contribution in [0.15, 0.2) is 29.2 Å². The summed E-state index contributed by atoms with van der Waals surface area (Å²) in [6.45, 7) is 0. The third-order valence-corrected chi connectivity index (χ3v) is 4.95. The fraction of sp³-hybridized carbons (Fsp3) is 0.125. The van der Waals surface area contributed by atoms with Crippen molar-refractivity contribution in [3.05, 3.63) is 29.8 Å². The van der Waals surface area contributed by atoms with Crippen LogP contribution in [0, 0.1) is 0 Å². The molecule has 0 aliphatic carbocycles. The first kappa shape index (κ1) is 9.91. The second-order valence-corrected chi connectivity index (χ2v) is 5.29. The molecule has 0 N–H and O–H groups in total. The number of fused-ring (bicyclic) bond motifs is 1. The molecule has 1 heterocycles. The quantitative estimate of drug-likeness (QED) is 0.444. The van der Waals surface area contributed by atoms with Crippen molar-refractivity contribution in [3.8, 4) is 0 Å². The Morgan fingerprint density at radius 1 is 1.29 bits per heavy atom. The zero-order chi connectivity index (χ0) is 10.3. The van der Waals surface area contributed by atoms with Crippen LogP contribution in [0.25, 0.3) is 0 Å². The van der Waals surface area contributed by atoms with E-state index in [-0.39, 0.29) is 15.0 Å². The molecule has 0 saturated carbocycles. The number of alkyl halides is 1. The zero-order valence-corrected chi connectivity index (χ0v) is 9.95. The van der Waals surface area contributed by atoms with E-state index in [1.807, 2.05) is 22.6 Å². The van der Waals surface area contributed by atoms with Gasteiger partial charge >= 0.3 is 0 Å². The Balaban J connectivity index is 2.74. The van der Waals surface area contributed by atoms with Crippen LogP contribution < -0.4 is 0 Å². The average Bonchev–Trinajstić information content (AvgIpc) is 2.36. The van der Waals surface area contributed by atoms with E-state index in [9.17, 15) is 13.2 Å². The molecule has 0 saturated heterocycles. The van der Waals surface area contributed by atoms with Gasteiger partial charge in [-0.1, -0.05) is 34.7 Å². The Morgan fingerprint density at radius 3 is 2.50 bits per heavy atom. The first-order chi connectivity index (χ1) is 6.59. The van der Waals surface area contributed by atoms with Crippen molar-refractivity contribution in [1.82, 2.24) is 4.31 Å². The van der Waals surface area contributed by atoms with Crippen LogP contribution in [0.4, 0.5) is 0 Å². The summed E-state index contributed by atoms with van der Waals surface area (Å²) in [7, 11) is -3.57. The monoisotopic (exact) mass is 323 g/mol. The van der Waals surface area contributed by atoms with Gasteiger partial charge in [0.25, 0.3) is 15.9 Å². The van der Waals surface area contributed by atoms with Gasteiger partial charge in [0.15, 0.2) is 0 Å². The number of carbonyl (C=O) groups is 1. The minimum absolute atomic E-state index is 0.113. The van der Waals surface area contributed by atoms with E-state index in [0.717, 1.165) is 4.31 Å². The first-order valence-electron chi connectivity index (χ1n) is 3.81. The second-order valence-electron chi connectivity index (χ2n) is 2.77. The SMILES string of the molecule is O=C1c2ccccc2S(=O)(=O)N1CI. The van der Waals surface area contributed by atoms with Gasteiger partial charge in [0, 0.05) is 0 Å². The van der Waals surface area contributed by atoms with E-state index in [1.54, 1.807) is 12.1 Å². The van der Waals surface area contributed by atoms with Gasteiger partial charge in [-0.3, -0.25) is 4.79 Å². The van der Waals surface area contributed by atoms with Gasteiger partial charge in [-0.15, -0.1) is 0 Å². The van der Waals surface area contributed by atoms with Crippen LogP contribution in [0.3, 0.4) is 0 Å². The second kappa shape index (κ2) is 3.20. The highest BCUT2D eigenvalue weighted by molar-refractivity contribution is 14.1. The lowest BCUT2D eigenvalue weighted by Gasteiger charge is -2.09. The molecular formula is C8H6INO3S. The van der Waals surface area contributed by atoms with E-state index >= 15 is 0 Å². The largest absolute Gasteiger partial charge is 0.269 e. The van der Waals surface area contributed by atoms with Crippen LogP contribution in [0.1, 0.15) is 10.4 Å². The Kier molecular flexibility index (Phi) is 2.26. The summed E-state index contributed by atoms with van der Waals surface area (Å²) < 4.78 is 24.5. The number of halogens is 1. The number of rotatable bonds is 1. The molecule has 0 fully saturated rings. The lowest BCUT2D eigenvalue weighted by molar-refractivity contribution is 0.0889. The summed E-state index contributed by atoms with van der Waals surface area (Å²) in [6, 6.07) is 6.25. The molecule has 2 rings (SSSR count). The van der Waals surface area contributed by atoms with Gasteiger partial charge in [0.1, 0.15) is 4.90 Å². The molecule has 1 amide bonds. The van der Waals surface area contributed by atoms with Crippen molar-refractivity contribution in [3.63, 3.8) is 0 Å². The maximum Gasteiger partial charge on any atom is 0.269 e. The number of hydrogen-bond donors (Lipinski definition) is 0. The molecule has 6 heteroatoms. The highest BCUT2D eigenvalue weighted by atomic mass is 127. The molecule has 0 radical (unpaired) electrons. The van der Waals surface area contributed by atoms with E-state index in [4.69, 9.17) is 0 Å². The fourth-order valence-corrected chi connectivity index (χ4v) is 4.13. The molecule has 14 heavy (non-hydrogen) atoms. The van der Waals surface area contributed by atoms with E-state index in [1.165, 1.54) is 12.1 Å². The molecule has 0 atom stereocenters. The van der Waals surface area contributed by atoms with Gasteiger partial charge in [0.2, 0.25) is 0 Å². The van der Waals surface area contributed by atoms with Crippen molar-refractivity contribution in [2.24, 2.45) is 0 Å². The highest BCUT2D eigenvalue weighted by Crippen LogP contribution is 2.30. The summed E-state index contributed by atoms with van der Waals surface area (Å²) in [5, 5.41) is 0. The molecule has 1 aromatic rings. The smallest absolute Gasteiger partial charge is 0.268 e. The van der Waals surface area contributed by atoms with E-state index in [2.05, 4.69) is 0 Å². The molecule has 1 aliphatic rings. The Labute approximate surface area is 95.1 Å². The predicted molar refractivity (Wildman–Crippen MR) is 58.7 cm³/mol. The zero-order valence-electron chi connectivity index (χ0n) is 6.97. The maximum atomic E-state index is 11.7. The van der Waals surface area contributed by atoms with Crippen LogP contribution >= 0.6 is 22.6 Å². The number of benzene rings is 1. The summed E-state index contributed by atoms with van der Waals surface area (Å²) in [5.41, 5.74) is 0.268. The molecule has 0 spiro atoms. The normalized spacial score (nSPS) is 18.4. The molecule has 0 bridgehead atoms. The molecule has 74 valence electrons. The number of nitrogens with zero attached hydrogens (tertiary/aromatic N) is 1. The van der Waals surface area contributed by atoms with Gasteiger partial charge in [-0.25, -0.2) is 12.7 Å². The average molecular weight is 323 g/mol. The minimum atomic E-state index is -3.57. The third kappa shape index (κ3) is 1.17. The van der Waals surface area contributed by atoms with E-state index in [0.29, 0.717) is 0 Å². The minimum Gasteiger partial charge on any atom is -0.268 e. The van der Waals surface area contributed by atoms with E-state index < -0.39 is 15.9 Å². The predicted octanol–water partition coefficient (Wildman–Crippen LogP) is 1.22. The lowest BCUT2D eigenvalue weighted by Crippen LogP contribution is -2.28. The fourth-order valence-electron chi connectivity index (χ4n) is 1.35. The topological polar surface area (TPSA) is 54.5 Å². The van der Waals surface area contributed by atoms with Crippen LogP contribution in [-0.2, 0) is 10.0 Å². The lowest BCUT2D eigenvalue weighted by atomic mass is 10.2. The van der Waals surface area contributed by atoms with Crippen LogP contribution in [0.2, 0.25) is 0 Å². The summed E-state index contributed by atoms with van der Waals surface area (Å²) >= 11 is 1.85. The summed E-state index contributed by atoms with van der Waals surface area (Å²) in [5.74, 6) is -0.435. The van der Waals surface area contributed by atoms with Gasteiger partial charge < -0.3 is 0 Å². The molecule has 0 unspecified atom stereocenters. The molecular weight excluding hydrogens is 317 g/mol. The van der Waals surface area contributed by atoms with Gasteiger partial charge in [0.05, 0.1) is 10.1 Å². The number of amides is 1. The van der Waals surface area contributed by atoms with Crippen molar-refractivity contribution >= 4 is 38.5 Å². The molecule has 1 aromatic carbocycles. The number of carbonyl (C=O) groups excluding carboxylic acids is 1. The molecule has 4 nitrogen and oxygen atoms in total. The van der Waals surface area contributed by atoms with Crippen LogP contribution in [-0.4, -0.2) is 23.2 Å². The number of sulfonamides is 1. The third-order valence-electron chi connectivity index (χ3n) is 2.02.